The molecule has 0 aliphatic rings. The number of amides is 1. The van der Waals surface area contributed by atoms with Gasteiger partial charge in [-0.2, -0.15) is 0 Å². The number of anilines is 1. The minimum Gasteiger partial charge on any atom is -0.403 e. The van der Waals surface area contributed by atoms with Gasteiger partial charge in [0.05, 0.1) is 10.6 Å². The van der Waals surface area contributed by atoms with Gasteiger partial charge in [-0.15, -0.1) is 5.10 Å². The molecule has 1 amide bonds. The third kappa shape index (κ3) is 3.24. The molecule has 0 spiro atoms. The van der Waals surface area contributed by atoms with Gasteiger partial charge in [0.15, 0.2) is 0 Å². The Kier molecular flexibility index (Phi) is 4.12. The summed E-state index contributed by atoms with van der Waals surface area (Å²) < 4.78 is 5.46. The lowest BCUT2D eigenvalue weighted by atomic mass is 10.1. The predicted octanol–water partition coefficient (Wildman–Crippen LogP) is 4.26. The summed E-state index contributed by atoms with van der Waals surface area (Å²) >= 11 is 6.09. The van der Waals surface area contributed by atoms with Crippen molar-refractivity contribution in [3.05, 3.63) is 64.2 Å². The first-order valence-electron chi connectivity index (χ1n) is 7.01. The first-order valence-corrected chi connectivity index (χ1v) is 7.39. The molecule has 0 aliphatic carbocycles. The van der Waals surface area contributed by atoms with Gasteiger partial charge in [0.25, 0.3) is 11.8 Å². The Morgan fingerprint density at radius 3 is 2.61 bits per heavy atom. The molecule has 3 aromatic rings. The molecule has 0 fully saturated rings. The molecule has 6 heteroatoms. The number of aryl methyl sites for hydroxylation is 2. The lowest BCUT2D eigenvalue weighted by Crippen LogP contribution is -2.12. The topological polar surface area (TPSA) is 68.0 Å². The van der Waals surface area contributed by atoms with Gasteiger partial charge in [-0.1, -0.05) is 34.9 Å². The maximum atomic E-state index is 12.2. The van der Waals surface area contributed by atoms with Gasteiger partial charge >= 0.3 is 6.01 Å². The van der Waals surface area contributed by atoms with Crippen molar-refractivity contribution in [2.45, 2.75) is 13.8 Å². The monoisotopic (exact) mass is 327 g/mol. The van der Waals surface area contributed by atoms with E-state index >= 15 is 0 Å². The number of nitrogens with one attached hydrogen (secondary N) is 1. The van der Waals surface area contributed by atoms with Gasteiger partial charge in [0.1, 0.15) is 0 Å². The smallest absolute Gasteiger partial charge is 0.322 e. The first-order chi connectivity index (χ1) is 11.0. The Balaban J connectivity index is 1.80. The van der Waals surface area contributed by atoms with Gasteiger partial charge in [0, 0.05) is 5.56 Å². The van der Waals surface area contributed by atoms with Crippen LogP contribution in [0.5, 0.6) is 0 Å². The summed E-state index contributed by atoms with van der Waals surface area (Å²) in [5.74, 6) is -0.0477. The molecule has 23 heavy (non-hydrogen) atoms. The number of halogens is 1. The van der Waals surface area contributed by atoms with E-state index in [1.54, 1.807) is 18.2 Å². The molecular formula is C17H14ClN3O2. The number of benzene rings is 2. The lowest BCUT2D eigenvalue weighted by Gasteiger charge is -2.04. The zero-order valence-corrected chi connectivity index (χ0v) is 13.4. The third-order valence-corrected chi connectivity index (χ3v) is 3.85. The van der Waals surface area contributed by atoms with Crippen molar-refractivity contribution in [1.82, 2.24) is 10.2 Å². The van der Waals surface area contributed by atoms with E-state index in [1.807, 2.05) is 38.1 Å². The Morgan fingerprint density at radius 1 is 1.09 bits per heavy atom. The number of nitrogens with zero attached hydrogens (tertiary/aromatic N) is 2. The summed E-state index contributed by atoms with van der Waals surface area (Å²) in [7, 11) is 0. The number of carbonyl (C=O) groups is 1. The van der Waals surface area contributed by atoms with Crippen LogP contribution in [-0.2, 0) is 0 Å². The molecule has 1 heterocycles. The van der Waals surface area contributed by atoms with Crippen LogP contribution in [0.15, 0.2) is 46.9 Å². The average molecular weight is 328 g/mol. The van der Waals surface area contributed by atoms with Gasteiger partial charge in [-0.25, -0.2) is 0 Å². The van der Waals surface area contributed by atoms with E-state index in [9.17, 15) is 4.79 Å². The standard InChI is InChI=1S/C17H14ClN3O2/c1-10-7-8-12(9-11(10)2)15(22)19-17-21-20-16(23-17)13-5-3-4-6-14(13)18/h3-9H,1-2H3,(H,19,21,22). The number of rotatable bonds is 3. The highest BCUT2D eigenvalue weighted by Crippen LogP contribution is 2.27. The minimum absolute atomic E-state index is 0.0307. The molecule has 1 N–H and O–H groups in total. The van der Waals surface area contributed by atoms with Crippen LogP contribution in [-0.4, -0.2) is 16.1 Å². The molecule has 0 unspecified atom stereocenters. The van der Waals surface area contributed by atoms with Crippen molar-refractivity contribution < 1.29 is 9.21 Å². The molecular weight excluding hydrogens is 314 g/mol. The molecule has 3 rings (SSSR count). The van der Waals surface area contributed by atoms with Gasteiger partial charge in [-0.3, -0.25) is 10.1 Å². The quantitative estimate of drug-likeness (QED) is 0.780. The Morgan fingerprint density at radius 2 is 1.87 bits per heavy atom. The van der Waals surface area contributed by atoms with Crippen LogP contribution in [0.4, 0.5) is 6.01 Å². The maximum absolute atomic E-state index is 12.2. The van der Waals surface area contributed by atoms with Gasteiger partial charge in [0.2, 0.25) is 0 Å². The fourth-order valence-corrected chi connectivity index (χ4v) is 2.29. The maximum Gasteiger partial charge on any atom is 0.322 e. The number of aromatic nitrogens is 2. The van der Waals surface area contributed by atoms with Crippen molar-refractivity contribution in [2.75, 3.05) is 5.32 Å². The molecule has 1 aromatic heterocycles. The van der Waals surface area contributed by atoms with Crippen LogP contribution in [0.2, 0.25) is 5.02 Å². The molecule has 0 saturated heterocycles. The highest BCUT2D eigenvalue weighted by Gasteiger charge is 2.14. The molecule has 0 aliphatic heterocycles. The molecule has 2 aromatic carbocycles. The largest absolute Gasteiger partial charge is 0.403 e. The SMILES string of the molecule is Cc1ccc(C(=O)Nc2nnc(-c3ccccc3Cl)o2)cc1C. The lowest BCUT2D eigenvalue weighted by molar-refractivity contribution is 0.102. The molecule has 0 bridgehead atoms. The Labute approximate surface area is 138 Å². The average Bonchev–Trinajstić information content (AvgIpc) is 2.98. The summed E-state index contributed by atoms with van der Waals surface area (Å²) in [4.78, 5) is 12.2. The van der Waals surface area contributed by atoms with Gasteiger partial charge in [-0.05, 0) is 49.2 Å². The summed E-state index contributed by atoms with van der Waals surface area (Å²) in [6, 6.07) is 12.6. The molecule has 5 nitrogen and oxygen atoms in total. The second kappa shape index (κ2) is 6.22. The van der Waals surface area contributed by atoms with Crippen LogP contribution >= 0.6 is 11.6 Å². The molecule has 0 radical (unpaired) electrons. The van der Waals surface area contributed by atoms with Crippen molar-refractivity contribution in [2.24, 2.45) is 0 Å². The molecule has 116 valence electrons. The van der Waals surface area contributed by atoms with Crippen molar-refractivity contribution in [3.63, 3.8) is 0 Å². The third-order valence-electron chi connectivity index (χ3n) is 3.52. The van der Waals surface area contributed by atoms with Crippen molar-refractivity contribution in [1.29, 1.82) is 0 Å². The summed E-state index contributed by atoms with van der Waals surface area (Å²) in [6.45, 7) is 3.94. The van der Waals surface area contributed by atoms with E-state index in [-0.39, 0.29) is 17.8 Å². The van der Waals surface area contributed by atoms with E-state index in [4.69, 9.17) is 16.0 Å². The first kappa shape index (κ1) is 15.2. The fraction of sp³-hybridized carbons (Fsp3) is 0.118. The van der Waals surface area contributed by atoms with Gasteiger partial charge < -0.3 is 4.42 Å². The molecule has 0 atom stereocenters. The Bertz CT molecular complexity index is 874. The second-order valence-corrected chi connectivity index (χ2v) is 5.55. The number of hydrogen-bond donors (Lipinski definition) is 1. The minimum atomic E-state index is -0.303. The van der Waals surface area contributed by atoms with Crippen molar-refractivity contribution in [3.8, 4) is 11.5 Å². The van der Waals surface area contributed by atoms with Crippen LogP contribution in [0.3, 0.4) is 0 Å². The van der Waals surface area contributed by atoms with E-state index < -0.39 is 0 Å². The summed E-state index contributed by atoms with van der Waals surface area (Å²) in [5.41, 5.74) is 3.32. The van der Waals surface area contributed by atoms with E-state index in [1.165, 1.54) is 0 Å². The Hall–Kier alpha value is -2.66. The molecule has 0 saturated carbocycles. The van der Waals surface area contributed by atoms with Crippen LogP contribution in [0, 0.1) is 13.8 Å². The van der Waals surface area contributed by atoms with E-state index in [0.717, 1.165) is 11.1 Å². The predicted molar refractivity (Wildman–Crippen MR) is 88.6 cm³/mol. The number of carbonyl (C=O) groups excluding carboxylic acids is 1. The highest BCUT2D eigenvalue weighted by atomic mass is 35.5. The normalized spacial score (nSPS) is 10.6. The number of hydrogen-bond acceptors (Lipinski definition) is 4. The zero-order chi connectivity index (χ0) is 16.4. The van der Waals surface area contributed by atoms with Crippen LogP contribution < -0.4 is 5.32 Å². The summed E-state index contributed by atoms with van der Waals surface area (Å²) in [5, 5.41) is 10.8. The van der Waals surface area contributed by atoms with Crippen molar-refractivity contribution >= 4 is 23.5 Å². The zero-order valence-electron chi connectivity index (χ0n) is 12.6. The van der Waals surface area contributed by atoms with E-state index in [0.29, 0.717) is 16.1 Å². The highest BCUT2D eigenvalue weighted by molar-refractivity contribution is 6.33. The second-order valence-electron chi connectivity index (χ2n) is 5.15. The summed E-state index contributed by atoms with van der Waals surface area (Å²) in [6.07, 6.45) is 0. The van der Waals surface area contributed by atoms with E-state index in [2.05, 4.69) is 15.5 Å². The fourth-order valence-electron chi connectivity index (χ4n) is 2.07. The van der Waals surface area contributed by atoms with Crippen LogP contribution in [0.1, 0.15) is 21.5 Å². The van der Waals surface area contributed by atoms with Crippen LogP contribution in [0.25, 0.3) is 11.5 Å².